The summed E-state index contributed by atoms with van der Waals surface area (Å²) >= 11 is 6.03. The van der Waals surface area contributed by atoms with E-state index in [1.165, 1.54) is 6.42 Å². The van der Waals surface area contributed by atoms with Crippen LogP contribution >= 0.6 is 11.6 Å². The molecule has 1 aromatic carbocycles. The second-order valence-corrected chi connectivity index (χ2v) is 11.4. The summed E-state index contributed by atoms with van der Waals surface area (Å²) in [6, 6.07) is 6.91. The second-order valence-electron chi connectivity index (χ2n) is 10.9. The van der Waals surface area contributed by atoms with Gasteiger partial charge >= 0.3 is 0 Å². The molecule has 2 saturated carbocycles. The quantitative estimate of drug-likeness (QED) is 0.570. The molecule has 192 valence electrons. The van der Waals surface area contributed by atoms with Gasteiger partial charge in [-0.1, -0.05) is 56.8 Å². The van der Waals surface area contributed by atoms with Gasteiger partial charge in [0.2, 0.25) is 17.7 Å². The molecule has 3 aliphatic rings. The van der Waals surface area contributed by atoms with E-state index in [0.717, 1.165) is 37.7 Å². The molecule has 2 atom stereocenters. The number of likely N-dealkylation sites (tertiary alicyclic amines) is 1. The molecule has 0 bridgehead atoms. The molecule has 1 heterocycles. The number of carbonyl (C=O) groups excluding carboxylic acids is 3. The number of halogens is 1. The fraction of sp³-hybridized carbons (Fsp3) is 0.667. The molecule has 0 radical (unpaired) electrons. The average molecular weight is 503 g/mol. The summed E-state index contributed by atoms with van der Waals surface area (Å²) < 4.78 is 0. The number of hydrogen-bond donors (Lipinski definition) is 2. The minimum absolute atomic E-state index is 0.0214. The fourth-order valence-corrected chi connectivity index (χ4v) is 5.55. The highest BCUT2D eigenvalue weighted by Gasteiger charge is 2.47. The van der Waals surface area contributed by atoms with Crippen LogP contribution in [0.2, 0.25) is 5.02 Å². The average Bonchev–Trinajstić information content (AvgIpc) is 3.42. The Bertz CT molecular complexity index is 925. The summed E-state index contributed by atoms with van der Waals surface area (Å²) in [5, 5.41) is 3.56. The van der Waals surface area contributed by atoms with Crippen LogP contribution in [0.1, 0.15) is 70.8 Å². The lowest BCUT2D eigenvalue weighted by molar-refractivity contribution is -0.141. The van der Waals surface area contributed by atoms with Crippen molar-refractivity contribution in [1.82, 2.24) is 15.1 Å². The van der Waals surface area contributed by atoms with Crippen LogP contribution in [0.5, 0.6) is 0 Å². The van der Waals surface area contributed by atoms with E-state index in [4.69, 9.17) is 17.3 Å². The van der Waals surface area contributed by atoms with E-state index in [2.05, 4.69) is 10.2 Å². The number of benzene rings is 1. The Morgan fingerprint density at radius 3 is 2.34 bits per heavy atom. The van der Waals surface area contributed by atoms with Gasteiger partial charge in [0.1, 0.15) is 6.04 Å². The van der Waals surface area contributed by atoms with Crippen LogP contribution in [0.4, 0.5) is 0 Å². The maximum absolute atomic E-state index is 13.7. The molecule has 1 aliphatic heterocycles. The van der Waals surface area contributed by atoms with E-state index in [0.29, 0.717) is 37.4 Å². The van der Waals surface area contributed by atoms with E-state index < -0.39 is 11.6 Å². The first-order valence-corrected chi connectivity index (χ1v) is 13.5. The standard InChI is InChI=1S/C27H39ClN4O3/c1-18(2)24(33)32(21-6-4-3-5-7-21)22-12-15-31(17-22)25(34)23(30-26(35)27(29)13-14-27)16-19-8-10-20(28)11-9-19/h8-11,18,21-23H,3-7,12-17,29H2,1-2H3,(H,30,35). The molecule has 2 unspecified atom stereocenters. The molecule has 3 amide bonds. The summed E-state index contributed by atoms with van der Waals surface area (Å²) in [7, 11) is 0. The summed E-state index contributed by atoms with van der Waals surface area (Å²) in [4.78, 5) is 43.6. The first kappa shape index (κ1) is 26.0. The van der Waals surface area contributed by atoms with Crippen molar-refractivity contribution in [1.29, 1.82) is 0 Å². The van der Waals surface area contributed by atoms with Gasteiger partial charge in [-0.05, 0) is 49.8 Å². The minimum Gasteiger partial charge on any atom is -0.342 e. The third-order valence-electron chi connectivity index (χ3n) is 7.78. The first-order valence-electron chi connectivity index (χ1n) is 13.1. The molecule has 3 N–H and O–H groups in total. The monoisotopic (exact) mass is 502 g/mol. The molecule has 4 rings (SSSR count). The van der Waals surface area contributed by atoms with Gasteiger partial charge in [-0.15, -0.1) is 0 Å². The third kappa shape index (κ3) is 6.18. The number of amides is 3. The number of nitrogens with two attached hydrogens (primary N) is 1. The normalized spacial score (nSPS) is 22.7. The van der Waals surface area contributed by atoms with Gasteiger partial charge in [-0.3, -0.25) is 14.4 Å². The van der Waals surface area contributed by atoms with Crippen molar-refractivity contribution in [2.75, 3.05) is 13.1 Å². The van der Waals surface area contributed by atoms with Gasteiger partial charge in [-0.2, -0.15) is 0 Å². The van der Waals surface area contributed by atoms with Crippen LogP contribution in [0.3, 0.4) is 0 Å². The van der Waals surface area contributed by atoms with E-state index in [1.807, 2.05) is 30.9 Å². The minimum atomic E-state index is -0.854. The number of hydrogen-bond acceptors (Lipinski definition) is 4. The predicted molar refractivity (Wildman–Crippen MR) is 137 cm³/mol. The van der Waals surface area contributed by atoms with Crippen molar-refractivity contribution in [3.8, 4) is 0 Å². The fourth-order valence-electron chi connectivity index (χ4n) is 5.42. The van der Waals surface area contributed by atoms with E-state index in [-0.39, 0.29) is 35.7 Å². The molecule has 35 heavy (non-hydrogen) atoms. The Morgan fingerprint density at radius 2 is 1.74 bits per heavy atom. The summed E-state index contributed by atoms with van der Waals surface area (Å²) in [5.41, 5.74) is 6.18. The second kappa shape index (κ2) is 10.9. The van der Waals surface area contributed by atoms with Crippen molar-refractivity contribution in [2.45, 2.75) is 95.3 Å². The molecular formula is C27H39ClN4O3. The highest BCUT2D eigenvalue weighted by molar-refractivity contribution is 6.30. The SMILES string of the molecule is CC(C)C(=O)N(C1CCCCC1)C1CCN(C(=O)C(Cc2ccc(Cl)cc2)NC(=O)C2(N)CC2)C1. The van der Waals surface area contributed by atoms with Crippen molar-refractivity contribution >= 4 is 29.3 Å². The molecular weight excluding hydrogens is 464 g/mol. The van der Waals surface area contributed by atoms with Crippen LogP contribution in [0.25, 0.3) is 0 Å². The van der Waals surface area contributed by atoms with Gasteiger partial charge in [0.25, 0.3) is 0 Å². The summed E-state index contributed by atoms with van der Waals surface area (Å²) in [5.74, 6) is -0.265. The van der Waals surface area contributed by atoms with Gasteiger partial charge in [0.05, 0.1) is 11.6 Å². The highest BCUT2D eigenvalue weighted by Crippen LogP contribution is 2.33. The van der Waals surface area contributed by atoms with Crippen LogP contribution < -0.4 is 11.1 Å². The maximum atomic E-state index is 13.7. The van der Waals surface area contributed by atoms with Crippen LogP contribution in [-0.2, 0) is 20.8 Å². The van der Waals surface area contributed by atoms with Crippen LogP contribution in [0.15, 0.2) is 24.3 Å². The van der Waals surface area contributed by atoms with E-state index in [1.54, 1.807) is 12.1 Å². The molecule has 0 spiro atoms. The molecule has 8 heteroatoms. The van der Waals surface area contributed by atoms with Crippen molar-refractivity contribution < 1.29 is 14.4 Å². The number of carbonyl (C=O) groups is 3. The van der Waals surface area contributed by atoms with Crippen molar-refractivity contribution in [3.63, 3.8) is 0 Å². The lowest BCUT2D eigenvalue weighted by atomic mass is 9.92. The van der Waals surface area contributed by atoms with Gasteiger partial charge in [0, 0.05) is 36.5 Å². The Balaban J connectivity index is 1.48. The molecule has 1 saturated heterocycles. The Labute approximate surface area is 213 Å². The first-order chi connectivity index (χ1) is 16.7. The molecule has 2 aliphatic carbocycles. The smallest absolute Gasteiger partial charge is 0.245 e. The van der Waals surface area contributed by atoms with Gasteiger partial charge < -0.3 is 20.9 Å². The van der Waals surface area contributed by atoms with Gasteiger partial charge in [-0.25, -0.2) is 0 Å². The lowest BCUT2D eigenvalue weighted by Gasteiger charge is -2.39. The highest BCUT2D eigenvalue weighted by atomic mass is 35.5. The number of nitrogens with zero attached hydrogens (tertiary/aromatic N) is 2. The third-order valence-corrected chi connectivity index (χ3v) is 8.03. The largest absolute Gasteiger partial charge is 0.342 e. The van der Waals surface area contributed by atoms with E-state index >= 15 is 0 Å². The maximum Gasteiger partial charge on any atom is 0.245 e. The molecule has 0 aromatic heterocycles. The number of nitrogens with one attached hydrogen (secondary N) is 1. The molecule has 1 aromatic rings. The van der Waals surface area contributed by atoms with E-state index in [9.17, 15) is 14.4 Å². The summed E-state index contributed by atoms with van der Waals surface area (Å²) in [6.07, 6.45) is 8.02. The summed E-state index contributed by atoms with van der Waals surface area (Å²) in [6.45, 7) is 5.00. The Kier molecular flexibility index (Phi) is 8.06. The molecule has 3 fully saturated rings. The van der Waals surface area contributed by atoms with Crippen LogP contribution in [0, 0.1) is 5.92 Å². The zero-order valence-corrected chi connectivity index (χ0v) is 21.7. The lowest BCUT2D eigenvalue weighted by Crippen LogP contribution is -2.55. The van der Waals surface area contributed by atoms with Crippen molar-refractivity contribution in [3.05, 3.63) is 34.9 Å². The zero-order valence-electron chi connectivity index (χ0n) is 21.0. The molecule has 7 nitrogen and oxygen atoms in total. The Hall–Kier alpha value is -2.12. The predicted octanol–water partition coefficient (Wildman–Crippen LogP) is 3.28. The van der Waals surface area contributed by atoms with Crippen molar-refractivity contribution in [2.24, 2.45) is 11.7 Å². The van der Waals surface area contributed by atoms with Crippen LogP contribution in [-0.4, -0.2) is 64.3 Å². The number of rotatable bonds is 8. The zero-order chi connectivity index (χ0) is 25.2. The topological polar surface area (TPSA) is 95.7 Å². The Morgan fingerprint density at radius 1 is 1.09 bits per heavy atom. The van der Waals surface area contributed by atoms with Gasteiger partial charge in [0.15, 0.2) is 0 Å².